The van der Waals surface area contributed by atoms with Crippen LogP contribution in [0.1, 0.15) is 5.56 Å². The Labute approximate surface area is 81.3 Å². The summed E-state index contributed by atoms with van der Waals surface area (Å²) >= 11 is 0. The van der Waals surface area contributed by atoms with E-state index in [0.717, 1.165) is 23.6 Å². The van der Waals surface area contributed by atoms with E-state index in [1.807, 2.05) is 29.2 Å². The van der Waals surface area contributed by atoms with Crippen molar-refractivity contribution in [2.24, 2.45) is 15.2 Å². The number of benzene rings is 1. The van der Waals surface area contributed by atoms with Crippen LogP contribution in [0.2, 0.25) is 0 Å². The third-order valence-electron chi connectivity index (χ3n) is 2.27. The highest BCUT2D eigenvalue weighted by Gasteiger charge is 2.20. The van der Waals surface area contributed by atoms with Crippen LogP contribution in [-0.4, -0.2) is 29.8 Å². The first kappa shape index (κ1) is 7.44. The number of aliphatic imine (C=N–C) groups is 1. The zero-order valence-corrected chi connectivity index (χ0v) is 7.46. The summed E-state index contributed by atoms with van der Waals surface area (Å²) < 4.78 is 0. The van der Waals surface area contributed by atoms with Crippen molar-refractivity contribution in [2.75, 3.05) is 6.54 Å². The minimum atomic E-state index is 0.747. The van der Waals surface area contributed by atoms with Crippen LogP contribution >= 0.6 is 0 Å². The SMILES string of the molecule is C1=NN=C2c3ccccc3N=CN2C1. The molecule has 2 aliphatic rings. The zero-order valence-electron chi connectivity index (χ0n) is 7.46. The largest absolute Gasteiger partial charge is 0.310 e. The fourth-order valence-electron chi connectivity index (χ4n) is 1.58. The van der Waals surface area contributed by atoms with E-state index in [1.54, 1.807) is 12.6 Å². The minimum absolute atomic E-state index is 0.747. The Hall–Kier alpha value is -1.97. The summed E-state index contributed by atoms with van der Waals surface area (Å²) in [6.07, 6.45) is 3.57. The van der Waals surface area contributed by atoms with E-state index in [1.165, 1.54) is 0 Å². The summed E-state index contributed by atoms with van der Waals surface area (Å²) in [5.41, 5.74) is 2.01. The lowest BCUT2D eigenvalue weighted by Gasteiger charge is -2.25. The first-order valence-electron chi connectivity index (χ1n) is 4.45. The standard InChI is InChI=1S/C10H8N4/c1-2-4-9-8(3-1)10-13-12-5-6-14(10)7-11-9/h1-5,7H,6H2. The second kappa shape index (κ2) is 2.77. The van der Waals surface area contributed by atoms with Gasteiger partial charge in [-0.3, -0.25) is 0 Å². The zero-order chi connectivity index (χ0) is 9.38. The molecule has 2 heterocycles. The number of nitrogens with zero attached hydrogens (tertiary/aromatic N) is 4. The smallest absolute Gasteiger partial charge is 0.166 e. The first-order valence-corrected chi connectivity index (χ1v) is 4.45. The van der Waals surface area contributed by atoms with Crippen molar-refractivity contribution in [2.45, 2.75) is 0 Å². The van der Waals surface area contributed by atoms with Crippen molar-refractivity contribution in [3.8, 4) is 0 Å². The molecule has 0 aromatic heterocycles. The first-order chi connectivity index (χ1) is 6.95. The summed E-state index contributed by atoms with van der Waals surface area (Å²) in [6.45, 7) is 0.747. The van der Waals surface area contributed by atoms with Crippen molar-refractivity contribution < 1.29 is 0 Å². The maximum Gasteiger partial charge on any atom is 0.166 e. The second-order valence-electron chi connectivity index (χ2n) is 3.14. The van der Waals surface area contributed by atoms with E-state index in [4.69, 9.17) is 0 Å². The van der Waals surface area contributed by atoms with E-state index in [2.05, 4.69) is 15.2 Å². The number of para-hydroxylation sites is 1. The summed E-state index contributed by atoms with van der Waals surface area (Å²) in [6, 6.07) is 7.94. The Balaban J connectivity index is 2.22. The summed E-state index contributed by atoms with van der Waals surface area (Å²) in [5.74, 6) is 0.887. The van der Waals surface area contributed by atoms with Gasteiger partial charge in [0.1, 0.15) is 0 Å². The fourth-order valence-corrected chi connectivity index (χ4v) is 1.58. The van der Waals surface area contributed by atoms with Gasteiger partial charge in [-0.1, -0.05) is 12.1 Å². The van der Waals surface area contributed by atoms with Gasteiger partial charge in [0, 0.05) is 11.8 Å². The molecular formula is C10H8N4. The summed E-state index contributed by atoms with van der Waals surface area (Å²) in [4.78, 5) is 6.32. The van der Waals surface area contributed by atoms with Crippen LogP contribution in [0.3, 0.4) is 0 Å². The highest BCUT2D eigenvalue weighted by atomic mass is 15.3. The molecule has 0 saturated carbocycles. The molecule has 0 fully saturated rings. The predicted octanol–water partition coefficient (Wildman–Crippen LogP) is 1.41. The lowest BCUT2D eigenvalue weighted by molar-refractivity contribution is 0.703. The molecule has 0 amide bonds. The molecule has 1 aromatic rings. The highest BCUT2D eigenvalue weighted by molar-refractivity contribution is 6.12. The normalized spacial score (nSPS) is 17.4. The van der Waals surface area contributed by atoms with E-state index < -0.39 is 0 Å². The lowest BCUT2D eigenvalue weighted by atomic mass is 10.1. The average Bonchev–Trinajstić information content (AvgIpc) is 2.29. The molecule has 4 nitrogen and oxygen atoms in total. The van der Waals surface area contributed by atoms with Gasteiger partial charge in [-0.15, -0.1) is 5.10 Å². The maximum absolute atomic E-state index is 4.34. The fraction of sp³-hybridized carbons (Fsp3) is 0.100. The summed E-state index contributed by atoms with van der Waals surface area (Å²) in [7, 11) is 0. The van der Waals surface area contributed by atoms with Gasteiger partial charge in [-0.25, -0.2) is 4.99 Å². The number of fused-ring (bicyclic) bond motifs is 3. The Morgan fingerprint density at radius 1 is 1.21 bits per heavy atom. The van der Waals surface area contributed by atoms with Crippen molar-refractivity contribution in [1.29, 1.82) is 0 Å². The predicted molar refractivity (Wildman–Crippen MR) is 56.3 cm³/mol. The Kier molecular flexibility index (Phi) is 1.47. The van der Waals surface area contributed by atoms with Crippen LogP contribution in [-0.2, 0) is 0 Å². The average molecular weight is 184 g/mol. The van der Waals surface area contributed by atoms with Gasteiger partial charge in [-0.05, 0) is 12.1 Å². The van der Waals surface area contributed by atoms with Gasteiger partial charge in [0.05, 0.1) is 18.6 Å². The van der Waals surface area contributed by atoms with Crippen molar-refractivity contribution in [1.82, 2.24) is 4.90 Å². The minimum Gasteiger partial charge on any atom is -0.310 e. The van der Waals surface area contributed by atoms with Crippen molar-refractivity contribution in [3.05, 3.63) is 29.8 Å². The van der Waals surface area contributed by atoms with Gasteiger partial charge in [0.25, 0.3) is 0 Å². The Bertz CT molecular complexity index is 459. The van der Waals surface area contributed by atoms with E-state index >= 15 is 0 Å². The Morgan fingerprint density at radius 2 is 2.14 bits per heavy atom. The molecule has 0 unspecified atom stereocenters. The van der Waals surface area contributed by atoms with Crippen molar-refractivity contribution in [3.63, 3.8) is 0 Å². The molecule has 0 saturated heterocycles. The molecule has 0 radical (unpaired) electrons. The molecular weight excluding hydrogens is 176 g/mol. The molecule has 0 atom stereocenters. The van der Waals surface area contributed by atoms with Crippen molar-refractivity contribution >= 4 is 24.1 Å². The van der Waals surface area contributed by atoms with E-state index in [-0.39, 0.29) is 0 Å². The number of rotatable bonds is 0. The van der Waals surface area contributed by atoms with Gasteiger partial charge in [-0.2, -0.15) is 5.10 Å². The van der Waals surface area contributed by atoms with Crippen LogP contribution in [0.15, 0.2) is 39.5 Å². The lowest BCUT2D eigenvalue weighted by Crippen LogP contribution is -2.35. The van der Waals surface area contributed by atoms with Crippen LogP contribution < -0.4 is 0 Å². The number of hydrogen-bond acceptors (Lipinski definition) is 4. The van der Waals surface area contributed by atoms with Crippen LogP contribution in [0.4, 0.5) is 5.69 Å². The topological polar surface area (TPSA) is 40.3 Å². The molecule has 4 heteroatoms. The van der Waals surface area contributed by atoms with E-state index in [9.17, 15) is 0 Å². The van der Waals surface area contributed by atoms with Gasteiger partial charge in [0.2, 0.25) is 0 Å². The molecule has 0 aliphatic carbocycles. The van der Waals surface area contributed by atoms with Gasteiger partial charge >= 0.3 is 0 Å². The van der Waals surface area contributed by atoms with Crippen LogP contribution in [0.25, 0.3) is 0 Å². The molecule has 68 valence electrons. The number of hydrogen-bond donors (Lipinski definition) is 0. The number of amidine groups is 1. The molecule has 14 heavy (non-hydrogen) atoms. The quantitative estimate of drug-likeness (QED) is 0.601. The second-order valence-corrected chi connectivity index (χ2v) is 3.14. The van der Waals surface area contributed by atoms with Crippen LogP contribution in [0.5, 0.6) is 0 Å². The molecule has 2 aliphatic heterocycles. The monoisotopic (exact) mass is 184 g/mol. The third kappa shape index (κ3) is 0.970. The molecule has 3 rings (SSSR count). The molecule has 0 N–H and O–H groups in total. The molecule has 0 spiro atoms. The Morgan fingerprint density at radius 3 is 3.14 bits per heavy atom. The van der Waals surface area contributed by atoms with Gasteiger partial charge < -0.3 is 4.90 Å². The van der Waals surface area contributed by atoms with Crippen LogP contribution in [0, 0.1) is 0 Å². The highest BCUT2D eigenvalue weighted by Crippen LogP contribution is 2.24. The van der Waals surface area contributed by atoms with Gasteiger partial charge in [0.15, 0.2) is 5.84 Å². The molecule has 1 aromatic carbocycles. The maximum atomic E-state index is 4.34. The molecule has 0 bridgehead atoms. The van der Waals surface area contributed by atoms with E-state index in [0.29, 0.717) is 0 Å². The summed E-state index contributed by atoms with van der Waals surface area (Å²) in [5, 5.41) is 8.03. The third-order valence-corrected chi connectivity index (χ3v) is 2.27.